The van der Waals surface area contributed by atoms with Crippen LogP contribution in [0.25, 0.3) is 17.0 Å². The Bertz CT molecular complexity index is 1380. The number of aromatic amines is 1. The highest BCUT2D eigenvalue weighted by Gasteiger charge is 2.32. The zero-order valence-electron chi connectivity index (χ0n) is 16.1. The van der Waals surface area contributed by atoms with Crippen LogP contribution in [0.5, 0.6) is 0 Å². The van der Waals surface area contributed by atoms with Crippen molar-refractivity contribution in [3.63, 3.8) is 0 Å². The largest absolute Gasteiger partial charge is 0.478 e. The van der Waals surface area contributed by atoms with E-state index in [-0.39, 0.29) is 41.6 Å². The molecule has 0 bridgehead atoms. The van der Waals surface area contributed by atoms with Gasteiger partial charge in [0, 0.05) is 6.20 Å². The number of H-pyrrole nitrogens is 1. The molecule has 0 spiro atoms. The third kappa shape index (κ3) is 4.08. The molecule has 9 nitrogen and oxygen atoms in total. The molecular weight excluding hydrogens is 456 g/mol. The summed E-state index contributed by atoms with van der Waals surface area (Å²) in [6.07, 6.45) is -1.31. The third-order valence-corrected chi connectivity index (χ3v) is 4.59. The van der Waals surface area contributed by atoms with E-state index in [0.29, 0.717) is 6.07 Å². The topological polar surface area (TPSA) is 119 Å². The SMILES string of the molecule is C[C@@H](c1cc(F)cc(C(F)(F)F)c1)n1ncc2nc(-n3cc(C(=O)O)cn3)[nH]c(=O)c21.S. The smallest absolute Gasteiger partial charge is 0.416 e. The van der Waals surface area contributed by atoms with E-state index in [4.69, 9.17) is 5.11 Å². The summed E-state index contributed by atoms with van der Waals surface area (Å²) in [5, 5.41) is 16.8. The van der Waals surface area contributed by atoms with E-state index in [9.17, 15) is 27.2 Å². The Morgan fingerprint density at radius 1 is 1.19 bits per heavy atom. The number of aromatic nitrogens is 6. The zero-order chi connectivity index (χ0) is 22.5. The van der Waals surface area contributed by atoms with Gasteiger partial charge in [-0.1, -0.05) is 0 Å². The number of carboxylic acid groups (broad SMARTS) is 1. The van der Waals surface area contributed by atoms with E-state index in [1.165, 1.54) is 13.1 Å². The lowest BCUT2D eigenvalue weighted by Gasteiger charge is -2.16. The Hall–Kier alpha value is -3.68. The number of benzene rings is 1. The lowest BCUT2D eigenvalue weighted by molar-refractivity contribution is -0.137. The predicted octanol–water partition coefficient (Wildman–Crippen LogP) is 2.88. The summed E-state index contributed by atoms with van der Waals surface area (Å²) in [5.41, 5.74) is -1.99. The van der Waals surface area contributed by atoms with Gasteiger partial charge in [-0.25, -0.2) is 18.9 Å². The van der Waals surface area contributed by atoms with Crippen LogP contribution in [0.4, 0.5) is 17.6 Å². The number of aromatic carboxylic acids is 1. The van der Waals surface area contributed by atoms with Gasteiger partial charge in [0.05, 0.1) is 29.6 Å². The van der Waals surface area contributed by atoms with Crippen molar-refractivity contribution >= 4 is 30.5 Å². The maximum atomic E-state index is 13.8. The molecule has 0 aliphatic rings. The molecule has 0 radical (unpaired) electrons. The summed E-state index contributed by atoms with van der Waals surface area (Å²) in [6.45, 7) is 1.46. The summed E-state index contributed by atoms with van der Waals surface area (Å²) in [7, 11) is 0. The molecule has 3 aromatic heterocycles. The Balaban J connectivity index is 0.00000289. The van der Waals surface area contributed by atoms with Crippen LogP contribution in [0.2, 0.25) is 0 Å². The number of nitrogens with one attached hydrogen (secondary N) is 1. The highest BCUT2D eigenvalue weighted by molar-refractivity contribution is 7.59. The Labute approximate surface area is 182 Å². The van der Waals surface area contributed by atoms with Gasteiger partial charge in [-0.2, -0.15) is 36.9 Å². The number of hydrogen-bond donors (Lipinski definition) is 2. The van der Waals surface area contributed by atoms with E-state index < -0.39 is 35.1 Å². The highest BCUT2D eigenvalue weighted by Crippen LogP contribution is 2.32. The summed E-state index contributed by atoms with van der Waals surface area (Å²) in [5.74, 6) is -2.37. The van der Waals surface area contributed by atoms with Crippen molar-refractivity contribution in [1.82, 2.24) is 29.5 Å². The first-order valence-corrected chi connectivity index (χ1v) is 8.68. The molecule has 4 rings (SSSR count). The van der Waals surface area contributed by atoms with Crippen LogP contribution in [0.1, 0.15) is 34.5 Å². The van der Waals surface area contributed by atoms with Crippen molar-refractivity contribution in [2.75, 3.05) is 0 Å². The second kappa shape index (κ2) is 8.11. The van der Waals surface area contributed by atoms with Gasteiger partial charge in [0.2, 0.25) is 5.95 Å². The minimum Gasteiger partial charge on any atom is -0.478 e. The second-order valence-electron chi connectivity index (χ2n) is 6.64. The molecule has 0 saturated heterocycles. The van der Waals surface area contributed by atoms with E-state index in [1.807, 2.05) is 0 Å². The van der Waals surface area contributed by atoms with E-state index >= 15 is 0 Å². The molecule has 4 aromatic rings. The van der Waals surface area contributed by atoms with Gasteiger partial charge in [0.25, 0.3) is 5.56 Å². The lowest BCUT2D eigenvalue weighted by Crippen LogP contribution is -2.19. The van der Waals surface area contributed by atoms with Crippen LogP contribution in [0.15, 0.2) is 41.6 Å². The second-order valence-corrected chi connectivity index (χ2v) is 6.64. The van der Waals surface area contributed by atoms with Gasteiger partial charge >= 0.3 is 12.1 Å². The van der Waals surface area contributed by atoms with Gasteiger partial charge < -0.3 is 5.11 Å². The van der Waals surface area contributed by atoms with E-state index in [1.54, 1.807) is 0 Å². The van der Waals surface area contributed by atoms with Crippen LogP contribution < -0.4 is 5.56 Å². The monoisotopic (exact) mass is 470 g/mol. The molecule has 0 aliphatic carbocycles. The summed E-state index contributed by atoms with van der Waals surface area (Å²) in [6, 6.07) is 1.18. The first-order chi connectivity index (χ1) is 14.5. The van der Waals surface area contributed by atoms with Crippen molar-refractivity contribution in [2.45, 2.75) is 19.1 Å². The fourth-order valence-electron chi connectivity index (χ4n) is 3.07. The van der Waals surface area contributed by atoms with Crippen molar-refractivity contribution in [2.24, 2.45) is 0 Å². The quantitative estimate of drug-likeness (QED) is 0.443. The number of nitrogens with zero attached hydrogens (tertiary/aromatic N) is 5. The summed E-state index contributed by atoms with van der Waals surface area (Å²) >= 11 is 0. The molecule has 0 saturated carbocycles. The van der Waals surface area contributed by atoms with Crippen LogP contribution >= 0.6 is 13.5 Å². The standard InChI is InChI=1S/C18H12F4N6O3.H2S/c1-8(9-2-11(18(20,21)22)4-12(19)3-9)28-14-13(6-24-28)25-17(26-15(14)29)27-7-10(5-23-27)16(30)31;/h2-8H,1H3,(H,30,31)(H,25,26,29);1H2/t8-;/m0./s1. The fourth-order valence-corrected chi connectivity index (χ4v) is 3.07. The number of fused-ring (bicyclic) bond motifs is 1. The average Bonchev–Trinajstić information content (AvgIpc) is 3.34. The summed E-state index contributed by atoms with van der Waals surface area (Å²) in [4.78, 5) is 30.2. The number of halogens is 4. The highest BCUT2D eigenvalue weighted by atomic mass is 32.1. The molecule has 0 unspecified atom stereocenters. The first kappa shape index (κ1) is 23.0. The van der Waals surface area contributed by atoms with Crippen LogP contribution in [-0.2, 0) is 6.18 Å². The first-order valence-electron chi connectivity index (χ1n) is 8.68. The van der Waals surface area contributed by atoms with Crippen molar-refractivity contribution in [1.29, 1.82) is 0 Å². The van der Waals surface area contributed by atoms with Crippen LogP contribution in [0, 0.1) is 5.82 Å². The third-order valence-electron chi connectivity index (χ3n) is 4.59. The molecule has 2 N–H and O–H groups in total. The molecular formula is C18H14F4N6O3S. The van der Waals surface area contributed by atoms with Gasteiger partial charge in [-0.05, 0) is 30.7 Å². The van der Waals surface area contributed by atoms with E-state index in [2.05, 4.69) is 20.2 Å². The number of carboxylic acids is 1. The van der Waals surface area contributed by atoms with Crippen molar-refractivity contribution < 1.29 is 27.5 Å². The van der Waals surface area contributed by atoms with Crippen molar-refractivity contribution in [3.05, 3.63) is 69.7 Å². The number of rotatable bonds is 4. The zero-order valence-corrected chi connectivity index (χ0v) is 17.1. The molecule has 14 heteroatoms. The van der Waals surface area contributed by atoms with Crippen LogP contribution in [-0.4, -0.2) is 40.6 Å². The molecule has 0 fully saturated rings. The number of carbonyl (C=O) groups is 1. The molecule has 32 heavy (non-hydrogen) atoms. The predicted molar refractivity (Wildman–Crippen MR) is 108 cm³/mol. The number of hydrogen-bond acceptors (Lipinski definition) is 5. The fraction of sp³-hybridized carbons (Fsp3) is 0.167. The minimum absolute atomic E-state index is 0. The Kier molecular flexibility index (Phi) is 5.82. The normalized spacial score (nSPS) is 12.5. The molecule has 1 aromatic carbocycles. The summed E-state index contributed by atoms with van der Waals surface area (Å²) < 4.78 is 55.1. The van der Waals surface area contributed by atoms with Gasteiger partial charge in [-0.3, -0.25) is 14.5 Å². The Morgan fingerprint density at radius 3 is 2.53 bits per heavy atom. The van der Waals surface area contributed by atoms with Crippen molar-refractivity contribution in [3.8, 4) is 5.95 Å². The molecule has 0 amide bonds. The van der Waals surface area contributed by atoms with Gasteiger partial charge in [-0.15, -0.1) is 0 Å². The average molecular weight is 470 g/mol. The lowest BCUT2D eigenvalue weighted by atomic mass is 10.0. The van der Waals surface area contributed by atoms with Gasteiger partial charge in [0.1, 0.15) is 11.3 Å². The molecule has 168 valence electrons. The minimum atomic E-state index is -4.74. The molecule has 3 heterocycles. The van der Waals surface area contributed by atoms with E-state index in [0.717, 1.165) is 33.9 Å². The molecule has 0 aliphatic heterocycles. The molecule has 1 atom stereocenters. The Morgan fingerprint density at radius 2 is 1.91 bits per heavy atom. The van der Waals surface area contributed by atoms with Crippen LogP contribution in [0.3, 0.4) is 0 Å². The maximum Gasteiger partial charge on any atom is 0.416 e. The number of alkyl halides is 3. The van der Waals surface area contributed by atoms with Gasteiger partial charge in [0.15, 0.2) is 5.52 Å². The maximum absolute atomic E-state index is 13.8.